The summed E-state index contributed by atoms with van der Waals surface area (Å²) >= 11 is 0. The van der Waals surface area contributed by atoms with Crippen LogP contribution in [-0.2, 0) is 14.3 Å². The van der Waals surface area contributed by atoms with Crippen LogP contribution in [0.5, 0.6) is 0 Å². The van der Waals surface area contributed by atoms with Gasteiger partial charge >= 0.3 is 5.97 Å². The van der Waals surface area contributed by atoms with Gasteiger partial charge < -0.3 is 9.47 Å². The third kappa shape index (κ3) is 1.21. The lowest BCUT2D eigenvalue weighted by Crippen LogP contribution is -2.37. The maximum absolute atomic E-state index is 11.5. The van der Waals surface area contributed by atoms with Gasteiger partial charge in [0.2, 0.25) is 0 Å². The molecule has 0 bridgehead atoms. The molecule has 0 unspecified atom stereocenters. The molecule has 1 spiro atoms. The molecule has 0 amide bonds. The molecule has 2 heterocycles. The second kappa shape index (κ2) is 3.10. The smallest absolute Gasteiger partial charge is 0.309 e. The van der Waals surface area contributed by atoms with Crippen LogP contribution >= 0.6 is 0 Å². The Labute approximate surface area is 95.8 Å². The van der Waals surface area contributed by atoms with Crippen molar-refractivity contribution < 1.29 is 14.3 Å². The van der Waals surface area contributed by atoms with Crippen LogP contribution < -0.4 is 0 Å². The van der Waals surface area contributed by atoms with Crippen LogP contribution in [0.1, 0.15) is 46.0 Å². The summed E-state index contributed by atoms with van der Waals surface area (Å²) in [5, 5.41) is 0. The van der Waals surface area contributed by atoms with Gasteiger partial charge in [0.1, 0.15) is 6.10 Å². The van der Waals surface area contributed by atoms with Gasteiger partial charge in [-0.3, -0.25) is 4.79 Å². The van der Waals surface area contributed by atoms with Gasteiger partial charge in [-0.05, 0) is 39.5 Å². The number of allylic oxidation sites excluding steroid dienone is 1. The van der Waals surface area contributed by atoms with Crippen molar-refractivity contribution in [3.05, 3.63) is 11.6 Å². The number of carbonyl (C=O) groups excluding carboxylic acids is 1. The molecule has 0 saturated carbocycles. The maximum atomic E-state index is 11.5. The molecule has 2 atom stereocenters. The van der Waals surface area contributed by atoms with Crippen molar-refractivity contribution in [3.63, 3.8) is 0 Å². The monoisotopic (exact) mass is 222 g/mol. The van der Waals surface area contributed by atoms with Crippen LogP contribution in [0.25, 0.3) is 0 Å². The van der Waals surface area contributed by atoms with Crippen molar-refractivity contribution in [2.45, 2.75) is 63.3 Å². The Kier molecular flexibility index (Phi) is 2.00. The van der Waals surface area contributed by atoms with E-state index in [1.165, 1.54) is 12.0 Å². The highest BCUT2D eigenvalue weighted by Gasteiger charge is 2.62. The quantitative estimate of drug-likeness (QED) is 0.466. The van der Waals surface area contributed by atoms with Crippen molar-refractivity contribution in [1.29, 1.82) is 0 Å². The predicted molar refractivity (Wildman–Crippen MR) is 58.9 cm³/mol. The van der Waals surface area contributed by atoms with Crippen molar-refractivity contribution in [2.24, 2.45) is 0 Å². The van der Waals surface area contributed by atoms with Gasteiger partial charge in [-0.2, -0.15) is 0 Å². The molecule has 0 aromatic carbocycles. The van der Waals surface area contributed by atoms with Crippen molar-refractivity contribution in [1.82, 2.24) is 0 Å². The Morgan fingerprint density at radius 3 is 3.00 bits per heavy atom. The van der Waals surface area contributed by atoms with Crippen LogP contribution in [0.4, 0.5) is 0 Å². The molecule has 3 rings (SSSR count). The minimum atomic E-state index is -0.420. The zero-order chi connectivity index (χ0) is 11.4. The minimum absolute atomic E-state index is 0.0562. The predicted octanol–water partition coefficient (Wildman–Crippen LogP) is 2.35. The first kappa shape index (κ1) is 10.3. The molecule has 0 radical (unpaired) electrons. The molecule has 2 fully saturated rings. The van der Waals surface area contributed by atoms with Gasteiger partial charge in [0.25, 0.3) is 0 Å². The number of hydrogen-bond donors (Lipinski definition) is 0. The Hall–Kier alpha value is -0.830. The van der Waals surface area contributed by atoms with Crippen molar-refractivity contribution in [3.8, 4) is 0 Å². The average molecular weight is 222 g/mol. The third-order valence-corrected chi connectivity index (χ3v) is 4.06. The van der Waals surface area contributed by atoms with E-state index < -0.39 is 5.60 Å². The van der Waals surface area contributed by atoms with Gasteiger partial charge in [-0.1, -0.05) is 6.08 Å². The van der Waals surface area contributed by atoms with E-state index in [9.17, 15) is 4.79 Å². The van der Waals surface area contributed by atoms with E-state index in [0.717, 1.165) is 19.3 Å². The van der Waals surface area contributed by atoms with E-state index in [4.69, 9.17) is 9.47 Å². The molecular formula is C13H18O3. The number of rotatable bonds is 0. The van der Waals surface area contributed by atoms with Gasteiger partial charge in [0.15, 0.2) is 5.60 Å². The topological polar surface area (TPSA) is 35.5 Å². The normalized spacial score (nSPS) is 40.8. The summed E-state index contributed by atoms with van der Waals surface area (Å²) in [5.74, 6) is -0.103. The highest BCUT2D eigenvalue weighted by Crippen LogP contribution is 2.53. The van der Waals surface area contributed by atoms with E-state index in [0.29, 0.717) is 6.42 Å². The lowest BCUT2D eigenvalue weighted by molar-refractivity contribution is -0.146. The molecule has 2 saturated heterocycles. The van der Waals surface area contributed by atoms with Gasteiger partial charge in [-0.25, -0.2) is 0 Å². The highest BCUT2D eigenvalue weighted by atomic mass is 16.6. The standard InChI is InChI=1S/C13H18O3/c1-12(2)9-6-4-3-5-7-13(9)10(15-12)8-11(14)16-13/h6,10H,3-5,7-8H2,1-2H3/t10-,13-/m1/s1. The molecule has 88 valence electrons. The van der Waals surface area contributed by atoms with Crippen LogP contribution in [0.15, 0.2) is 11.6 Å². The molecule has 16 heavy (non-hydrogen) atoms. The highest BCUT2D eigenvalue weighted by molar-refractivity contribution is 5.75. The number of ether oxygens (including phenoxy) is 2. The van der Waals surface area contributed by atoms with Crippen LogP contribution in [0, 0.1) is 0 Å². The van der Waals surface area contributed by atoms with Gasteiger partial charge in [-0.15, -0.1) is 0 Å². The fourth-order valence-corrected chi connectivity index (χ4v) is 3.46. The fraction of sp³-hybridized carbons (Fsp3) is 0.769. The summed E-state index contributed by atoms with van der Waals surface area (Å²) < 4.78 is 11.7. The molecule has 2 aliphatic heterocycles. The van der Waals surface area contributed by atoms with Gasteiger partial charge in [0.05, 0.1) is 12.0 Å². The second-order valence-electron chi connectivity index (χ2n) is 5.55. The van der Waals surface area contributed by atoms with Crippen LogP contribution in [0.2, 0.25) is 0 Å². The first-order chi connectivity index (χ1) is 7.55. The number of carbonyl (C=O) groups is 1. The molecule has 3 heteroatoms. The lowest BCUT2D eigenvalue weighted by Gasteiger charge is -2.28. The summed E-state index contributed by atoms with van der Waals surface area (Å²) in [6.45, 7) is 4.16. The Morgan fingerprint density at radius 2 is 2.19 bits per heavy atom. The first-order valence-corrected chi connectivity index (χ1v) is 6.15. The first-order valence-electron chi connectivity index (χ1n) is 6.15. The third-order valence-electron chi connectivity index (χ3n) is 4.06. The van der Waals surface area contributed by atoms with E-state index in [-0.39, 0.29) is 17.7 Å². The van der Waals surface area contributed by atoms with Crippen molar-refractivity contribution >= 4 is 5.97 Å². The largest absolute Gasteiger partial charge is 0.452 e. The molecule has 3 aliphatic rings. The Bertz CT molecular complexity index is 369. The van der Waals surface area contributed by atoms with Crippen molar-refractivity contribution in [2.75, 3.05) is 0 Å². The van der Waals surface area contributed by atoms with E-state index in [2.05, 4.69) is 19.9 Å². The fourth-order valence-electron chi connectivity index (χ4n) is 3.46. The van der Waals surface area contributed by atoms with E-state index in [1.54, 1.807) is 0 Å². The summed E-state index contributed by atoms with van der Waals surface area (Å²) in [5.41, 5.74) is 0.514. The van der Waals surface area contributed by atoms with Crippen LogP contribution in [0.3, 0.4) is 0 Å². The summed E-state index contributed by atoms with van der Waals surface area (Å²) in [6, 6.07) is 0. The molecule has 1 aliphatic carbocycles. The summed E-state index contributed by atoms with van der Waals surface area (Å²) in [4.78, 5) is 11.5. The van der Waals surface area contributed by atoms with Gasteiger partial charge in [0, 0.05) is 5.57 Å². The molecule has 0 aromatic heterocycles. The Morgan fingerprint density at radius 1 is 1.38 bits per heavy atom. The lowest BCUT2D eigenvalue weighted by atomic mass is 9.81. The average Bonchev–Trinajstić information content (AvgIpc) is 2.49. The van der Waals surface area contributed by atoms with E-state index in [1.807, 2.05) is 0 Å². The summed E-state index contributed by atoms with van der Waals surface area (Å²) in [6.07, 6.45) is 6.91. The second-order valence-corrected chi connectivity index (χ2v) is 5.55. The molecule has 0 N–H and O–H groups in total. The number of esters is 1. The molecule has 0 aromatic rings. The summed E-state index contributed by atoms with van der Waals surface area (Å²) in [7, 11) is 0. The maximum Gasteiger partial charge on any atom is 0.309 e. The molecule has 3 nitrogen and oxygen atoms in total. The Balaban J connectivity index is 2.08. The zero-order valence-electron chi connectivity index (χ0n) is 9.91. The minimum Gasteiger partial charge on any atom is -0.452 e. The van der Waals surface area contributed by atoms with Crippen LogP contribution in [-0.4, -0.2) is 23.3 Å². The van der Waals surface area contributed by atoms with E-state index >= 15 is 0 Å². The number of hydrogen-bond acceptors (Lipinski definition) is 3. The zero-order valence-corrected chi connectivity index (χ0v) is 9.91. The SMILES string of the molecule is CC1(C)O[C@@H]2CC(=O)O[C@@]23CCCCC=C13. The molecular weight excluding hydrogens is 204 g/mol.